The number of carbonyl (C=O) groups is 1. The number of sulfone groups is 1. The first kappa shape index (κ1) is 24.3. The molecule has 10 heteroatoms. The van der Waals surface area contributed by atoms with E-state index < -0.39 is 26.4 Å². The summed E-state index contributed by atoms with van der Waals surface area (Å²) < 4.78 is 29.1. The van der Waals surface area contributed by atoms with E-state index in [9.17, 15) is 23.3 Å². The van der Waals surface area contributed by atoms with Crippen molar-refractivity contribution in [3.8, 4) is 5.75 Å². The highest BCUT2D eigenvalue weighted by atomic mass is 32.2. The van der Waals surface area contributed by atoms with Gasteiger partial charge in [0.1, 0.15) is 5.75 Å². The number of likely N-dealkylation sites (N-methyl/N-ethyl adjacent to an activating group) is 1. The standard InChI is InChI=1S/C21H27N3O6S/c1-5-23(6-2)20(15-8-7-9-18(11-15)30-3)14-22-21(25)16-10-17(24(26)27)13-19(12-16)31(4,28)29/h7-13,20H,5-6,14H2,1-4H3,(H,22,25). The van der Waals surface area contributed by atoms with Crippen molar-refractivity contribution in [1.29, 1.82) is 0 Å². The molecule has 2 rings (SSSR count). The molecule has 0 fully saturated rings. The zero-order valence-corrected chi connectivity index (χ0v) is 18.8. The number of non-ortho nitro benzene ring substituents is 1. The first-order valence-electron chi connectivity index (χ1n) is 9.76. The fourth-order valence-electron chi connectivity index (χ4n) is 3.30. The van der Waals surface area contributed by atoms with Crippen LogP contribution in [0.2, 0.25) is 0 Å². The average molecular weight is 450 g/mol. The molecule has 0 aliphatic rings. The van der Waals surface area contributed by atoms with E-state index in [2.05, 4.69) is 10.2 Å². The molecule has 1 amide bonds. The van der Waals surface area contributed by atoms with Crippen LogP contribution in [0.5, 0.6) is 5.75 Å². The number of rotatable bonds is 10. The second-order valence-corrected chi connectivity index (χ2v) is 8.98. The van der Waals surface area contributed by atoms with Crippen molar-refractivity contribution >= 4 is 21.4 Å². The van der Waals surface area contributed by atoms with Crippen molar-refractivity contribution in [2.24, 2.45) is 0 Å². The third-order valence-electron chi connectivity index (χ3n) is 4.98. The van der Waals surface area contributed by atoms with Gasteiger partial charge in [-0.25, -0.2) is 8.42 Å². The Morgan fingerprint density at radius 3 is 2.42 bits per heavy atom. The van der Waals surface area contributed by atoms with E-state index >= 15 is 0 Å². The summed E-state index contributed by atoms with van der Waals surface area (Å²) in [5.41, 5.74) is 0.402. The highest BCUT2D eigenvalue weighted by Crippen LogP contribution is 2.25. The quantitative estimate of drug-likeness (QED) is 0.437. The first-order chi connectivity index (χ1) is 14.6. The second kappa shape index (κ2) is 10.4. The van der Waals surface area contributed by atoms with Crippen molar-refractivity contribution in [3.63, 3.8) is 0 Å². The van der Waals surface area contributed by atoms with Crippen LogP contribution in [-0.4, -0.2) is 57.1 Å². The van der Waals surface area contributed by atoms with Crippen LogP contribution in [0.3, 0.4) is 0 Å². The van der Waals surface area contributed by atoms with Crippen molar-refractivity contribution in [3.05, 3.63) is 63.7 Å². The summed E-state index contributed by atoms with van der Waals surface area (Å²) in [5, 5.41) is 14.0. The van der Waals surface area contributed by atoms with Gasteiger partial charge in [-0.1, -0.05) is 26.0 Å². The molecule has 168 valence electrons. The van der Waals surface area contributed by atoms with E-state index in [1.807, 2.05) is 38.1 Å². The van der Waals surface area contributed by atoms with E-state index in [0.717, 1.165) is 43.1 Å². The smallest absolute Gasteiger partial charge is 0.271 e. The molecule has 1 N–H and O–H groups in total. The molecular formula is C21H27N3O6S. The zero-order chi connectivity index (χ0) is 23.2. The molecule has 0 aliphatic carbocycles. The summed E-state index contributed by atoms with van der Waals surface area (Å²) in [6.07, 6.45) is 0.937. The van der Waals surface area contributed by atoms with Gasteiger partial charge < -0.3 is 10.1 Å². The Labute approximate surface area is 182 Å². The number of hydrogen-bond donors (Lipinski definition) is 1. The fourth-order valence-corrected chi connectivity index (χ4v) is 3.97. The van der Waals surface area contributed by atoms with Crippen molar-refractivity contribution in [2.75, 3.05) is 33.0 Å². The molecule has 0 aromatic heterocycles. The molecule has 1 unspecified atom stereocenters. The minimum Gasteiger partial charge on any atom is -0.497 e. The topological polar surface area (TPSA) is 119 Å². The van der Waals surface area contributed by atoms with Crippen LogP contribution in [-0.2, 0) is 9.84 Å². The normalized spacial score (nSPS) is 12.4. The SMILES string of the molecule is CCN(CC)C(CNC(=O)c1cc([N+](=O)[O-])cc(S(C)(=O)=O)c1)c1cccc(OC)c1. The van der Waals surface area contributed by atoms with E-state index in [0.29, 0.717) is 5.75 Å². The number of nitrogens with one attached hydrogen (secondary N) is 1. The number of carbonyl (C=O) groups excluding carboxylic acids is 1. The lowest BCUT2D eigenvalue weighted by molar-refractivity contribution is -0.385. The lowest BCUT2D eigenvalue weighted by Gasteiger charge is -2.30. The van der Waals surface area contributed by atoms with E-state index in [1.165, 1.54) is 0 Å². The van der Waals surface area contributed by atoms with E-state index in [-0.39, 0.29) is 23.0 Å². The van der Waals surface area contributed by atoms with Gasteiger partial charge in [-0.15, -0.1) is 0 Å². The van der Waals surface area contributed by atoms with Gasteiger partial charge >= 0.3 is 0 Å². The van der Waals surface area contributed by atoms with Gasteiger partial charge in [-0.2, -0.15) is 0 Å². The number of nitrogens with zero attached hydrogens (tertiary/aromatic N) is 2. The van der Waals surface area contributed by atoms with Gasteiger partial charge in [0.15, 0.2) is 9.84 Å². The second-order valence-electron chi connectivity index (χ2n) is 6.97. The van der Waals surface area contributed by atoms with Gasteiger partial charge in [-0.05, 0) is 36.9 Å². The number of amides is 1. The number of nitro groups is 1. The molecule has 0 saturated carbocycles. The van der Waals surface area contributed by atoms with Crippen LogP contribution in [0.1, 0.15) is 35.8 Å². The number of methoxy groups -OCH3 is 1. The van der Waals surface area contributed by atoms with Crippen LogP contribution < -0.4 is 10.1 Å². The Morgan fingerprint density at radius 2 is 1.87 bits per heavy atom. The van der Waals surface area contributed by atoms with Crippen LogP contribution in [0.4, 0.5) is 5.69 Å². The largest absolute Gasteiger partial charge is 0.497 e. The molecule has 0 aliphatic heterocycles. The highest BCUT2D eigenvalue weighted by Gasteiger charge is 2.22. The molecule has 0 saturated heterocycles. The summed E-state index contributed by atoms with van der Waals surface area (Å²) in [7, 11) is -2.15. The van der Waals surface area contributed by atoms with Gasteiger partial charge in [0.2, 0.25) is 0 Å². The van der Waals surface area contributed by atoms with Crippen molar-refractivity contribution in [2.45, 2.75) is 24.8 Å². The Hall–Kier alpha value is -2.98. The number of benzene rings is 2. The number of nitro benzene ring substituents is 1. The molecule has 2 aromatic carbocycles. The Balaban J connectivity index is 2.34. The highest BCUT2D eigenvalue weighted by molar-refractivity contribution is 7.90. The van der Waals surface area contributed by atoms with E-state index in [4.69, 9.17) is 4.74 Å². The lowest BCUT2D eigenvalue weighted by Crippen LogP contribution is -2.38. The fraction of sp³-hybridized carbons (Fsp3) is 0.381. The van der Waals surface area contributed by atoms with Crippen LogP contribution in [0, 0.1) is 10.1 Å². The predicted octanol–water partition coefficient (Wildman–Crippen LogP) is 2.82. The molecule has 0 heterocycles. The maximum Gasteiger partial charge on any atom is 0.271 e. The summed E-state index contributed by atoms with van der Waals surface area (Å²) in [6.45, 7) is 5.73. The van der Waals surface area contributed by atoms with Gasteiger partial charge in [0, 0.05) is 30.5 Å². The van der Waals surface area contributed by atoms with Gasteiger partial charge in [0.05, 0.1) is 23.0 Å². The molecular weight excluding hydrogens is 422 g/mol. The van der Waals surface area contributed by atoms with Crippen LogP contribution in [0.25, 0.3) is 0 Å². The average Bonchev–Trinajstić information content (AvgIpc) is 2.75. The van der Waals surface area contributed by atoms with Crippen molar-refractivity contribution in [1.82, 2.24) is 10.2 Å². The molecule has 0 spiro atoms. The van der Waals surface area contributed by atoms with Crippen molar-refractivity contribution < 1.29 is 22.9 Å². The molecule has 9 nitrogen and oxygen atoms in total. The van der Waals surface area contributed by atoms with Gasteiger partial charge in [-0.3, -0.25) is 19.8 Å². The molecule has 2 aromatic rings. The monoisotopic (exact) mass is 449 g/mol. The molecule has 31 heavy (non-hydrogen) atoms. The molecule has 0 bridgehead atoms. The number of ether oxygens (including phenoxy) is 1. The maximum atomic E-state index is 12.8. The third kappa shape index (κ3) is 6.25. The summed E-state index contributed by atoms with van der Waals surface area (Å²) in [5.74, 6) is 0.103. The Kier molecular flexibility index (Phi) is 8.12. The maximum absolute atomic E-state index is 12.8. The zero-order valence-electron chi connectivity index (χ0n) is 18.0. The van der Waals surface area contributed by atoms with Gasteiger partial charge in [0.25, 0.3) is 11.6 Å². The molecule has 0 radical (unpaired) electrons. The van der Waals surface area contributed by atoms with E-state index in [1.54, 1.807) is 7.11 Å². The summed E-state index contributed by atoms with van der Waals surface area (Å²) >= 11 is 0. The Bertz CT molecular complexity index is 1050. The lowest BCUT2D eigenvalue weighted by atomic mass is 10.0. The number of hydrogen-bond acceptors (Lipinski definition) is 7. The first-order valence-corrected chi connectivity index (χ1v) is 11.7. The minimum atomic E-state index is -3.72. The third-order valence-corrected chi connectivity index (χ3v) is 6.07. The minimum absolute atomic E-state index is 0.0847. The van der Waals surface area contributed by atoms with Crippen LogP contribution >= 0.6 is 0 Å². The predicted molar refractivity (Wildman–Crippen MR) is 117 cm³/mol. The van der Waals surface area contributed by atoms with Crippen LogP contribution in [0.15, 0.2) is 47.4 Å². The molecule has 1 atom stereocenters. The summed E-state index contributed by atoms with van der Waals surface area (Å²) in [4.78, 5) is 25.1. The summed E-state index contributed by atoms with van der Waals surface area (Å²) in [6, 6.07) is 10.5. The Morgan fingerprint density at radius 1 is 1.19 bits per heavy atom.